The highest BCUT2D eigenvalue weighted by Gasteiger charge is 2.58. The van der Waals surface area contributed by atoms with Crippen LogP contribution >= 0.6 is 0 Å². The number of rotatable bonds is 4. The highest BCUT2D eigenvalue weighted by Crippen LogP contribution is 2.62. The number of aryl methyl sites for hydroxylation is 2. The van der Waals surface area contributed by atoms with E-state index in [9.17, 15) is 14.7 Å². The van der Waals surface area contributed by atoms with E-state index in [1.807, 2.05) is 26.0 Å². The third-order valence-electron chi connectivity index (χ3n) is 5.50. The zero-order chi connectivity index (χ0) is 15.9. The molecule has 118 valence electrons. The van der Waals surface area contributed by atoms with Crippen LogP contribution in [0.5, 0.6) is 0 Å². The summed E-state index contributed by atoms with van der Waals surface area (Å²) in [6.07, 6.45) is 5.56. The minimum Gasteiger partial charge on any atom is -0.479 e. The molecule has 0 saturated heterocycles. The second-order valence-electron chi connectivity index (χ2n) is 6.95. The lowest BCUT2D eigenvalue weighted by Crippen LogP contribution is -2.35. The summed E-state index contributed by atoms with van der Waals surface area (Å²) in [7, 11) is 0. The summed E-state index contributed by atoms with van der Waals surface area (Å²) in [5, 5.41) is 12.2. The van der Waals surface area contributed by atoms with Gasteiger partial charge in [0.2, 0.25) is 5.91 Å². The van der Waals surface area contributed by atoms with Crippen molar-refractivity contribution in [1.29, 1.82) is 0 Å². The number of aliphatic carboxylic acids is 1. The van der Waals surface area contributed by atoms with Crippen molar-refractivity contribution in [1.82, 2.24) is 5.32 Å². The van der Waals surface area contributed by atoms with Crippen LogP contribution in [0, 0.1) is 25.2 Å². The van der Waals surface area contributed by atoms with Crippen LogP contribution in [0.3, 0.4) is 0 Å². The lowest BCUT2D eigenvalue weighted by molar-refractivity contribution is -0.142. The Bertz CT molecular complexity index is 617. The Labute approximate surface area is 130 Å². The van der Waals surface area contributed by atoms with E-state index in [1.54, 1.807) is 6.07 Å². The molecule has 2 saturated carbocycles. The Morgan fingerprint density at radius 2 is 1.91 bits per heavy atom. The van der Waals surface area contributed by atoms with Gasteiger partial charge in [0, 0.05) is 5.92 Å². The number of amides is 1. The Balaban J connectivity index is 1.73. The molecular weight excluding hydrogens is 278 g/mol. The van der Waals surface area contributed by atoms with Gasteiger partial charge in [-0.1, -0.05) is 31.0 Å². The molecule has 2 N–H and O–H groups in total. The molecule has 0 aromatic heterocycles. The van der Waals surface area contributed by atoms with Gasteiger partial charge in [0.15, 0.2) is 6.04 Å². The lowest BCUT2D eigenvalue weighted by atomic mass is 9.99. The van der Waals surface area contributed by atoms with Gasteiger partial charge in [0.05, 0.1) is 0 Å². The van der Waals surface area contributed by atoms with Crippen molar-refractivity contribution in [2.75, 3.05) is 0 Å². The topological polar surface area (TPSA) is 66.4 Å². The largest absolute Gasteiger partial charge is 0.479 e. The van der Waals surface area contributed by atoms with Crippen LogP contribution in [-0.2, 0) is 9.59 Å². The van der Waals surface area contributed by atoms with Crippen molar-refractivity contribution < 1.29 is 14.7 Å². The van der Waals surface area contributed by atoms with Gasteiger partial charge in [-0.05, 0) is 55.2 Å². The maximum atomic E-state index is 12.4. The monoisotopic (exact) mass is 301 g/mol. The van der Waals surface area contributed by atoms with Gasteiger partial charge in [-0.25, -0.2) is 4.79 Å². The first-order valence-electron chi connectivity index (χ1n) is 8.03. The number of nitrogens with one attached hydrogen (secondary N) is 1. The summed E-state index contributed by atoms with van der Waals surface area (Å²) in [4.78, 5) is 24.0. The van der Waals surface area contributed by atoms with Crippen molar-refractivity contribution in [2.24, 2.45) is 11.3 Å². The summed E-state index contributed by atoms with van der Waals surface area (Å²) in [6.45, 7) is 3.94. The zero-order valence-corrected chi connectivity index (χ0v) is 13.2. The highest BCUT2D eigenvalue weighted by molar-refractivity contribution is 5.88. The van der Waals surface area contributed by atoms with Gasteiger partial charge < -0.3 is 10.4 Å². The van der Waals surface area contributed by atoms with E-state index in [2.05, 4.69) is 5.32 Å². The molecule has 4 nitrogen and oxygen atoms in total. The first-order chi connectivity index (χ1) is 10.4. The second kappa shape index (κ2) is 5.41. The van der Waals surface area contributed by atoms with Crippen molar-refractivity contribution in [2.45, 2.75) is 52.0 Å². The predicted molar refractivity (Wildman–Crippen MR) is 83.4 cm³/mol. The van der Waals surface area contributed by atoms with Crippen molar-refractivity contribution in [3.63, 3.8) is 0 Å². The third kappa shape index (κ3) is 2.62. The zero-order valence-electron chi connectivity index (χ0n) is 13.2. The summed E-state index contributed by atoms with van der Waals surface area (Å²) in [5.74, 6) is -1.08. The molecule has 2 fully saturated rings. The molecule has 2 atom stereocenters. The first kappa shape index (κ1) is 15.1. The molecule has 1 spiro atoms. The third-order valence-corrected chi connectivity index (χ3v) is 5.50. The molecule has 0 radical (unpaired) electrons. The van der Waals surface area contributed by atoms with Gasteiger partial charge >= 0.3 is 5.97 Å². The molecule has 1 amide bonds. The quantitative estimate of drug-likeness (QED) is 0.898. The fraction of sp³-hybridized carbons (Fsp3) is 0.556. The van der Waals surface area contributed by atoms with Crippen LogP contribution < -0.4 is 5.32 Å². The van der Waals surface area contributed by atoms with Crippen LogP contribution in [-0.4, -0.2) is 17.0 Å². The van der Waals surface area contributed by atoms with Crippen LogP contribution in [0.25, 0.3) is 0 Å². The van der Waals surface area contributed by atoms with E-state index >= 15 is 0 Å². The Kier molecular flexibility index (Phi) is 3.71. The Morgan fingerprint density at radius 1 is 1.23 bits per heavy atom. The average molecular weight is 301 g/mol. The molecule has 4 heteroatoms. The molecule has 0 aliphatic heterocycles. The molecule has 0 heterocycles. The van der Waals surface area contributed by atoms with Gasteiger partial charge in [-0.2, -0.15) is 0 Å². The normalized spacial score (nSPS) is 23.3. The SMILES string of the molecule is Cc1ccc(C(NC(=O)C2CC23CCCC3)C(=O)O)cc1C. The van der Waals surface area contributed by atoms with Gasteiger partial charge in [-0.15, -0.1) is 0 Å². The first-order valence-corrected chi connectivity index (χ1v) is 8.03. The maximum absolute atomic E-state index is 12.4. The molecular formula is C18H23NO3. The molecule has 2 aliphatic rings. The molecule has 1 aromatic rings. The van der Waals surface area contributed by atoms with Crippen LogP contribution in [0.1, 0.15) is 54.8 Å². The number of carbonyl (C=O) groups is 2. The Hall–Kier alpha value is -1.84. The van der Waals surface area contributed by atoms with Crippen LogP contribution in [0.4, 0.5) is 0 Å². The fourth-order valence-corrected chi connectivity index (χ4v) is 3.82. The molecule has 3 rings (SSSR count). The van der Waals surface area contributed by atoms with E-state index in [-0.39, 0.29) is 17.2 Å². The average Bonchev–Trinajstić information content (AvgIpc) is 2.96. The van der Waals surface area contributed by atoms with E-state index in [1.165, 1.54) is 12.8 Å². The maximum Gasteiger partial charge on any atom is 0.330 e. The van der Waals surface area contributed by atoms with Crippen molar-refractivity contribution in [3.05, 3.63) is 34.9 Å². The minimum atomic E-state index is -1.00. The smallest absolute Gasteiger partial charge is 0.330 e. The van der Waals surface area contributed by atoms with Gasteiger partial charge in [-0.3, -0.25) is 4.79 Å². The number of benzene rings is 1. The molecule has 2 unspecified atom stereocenters. The summed E-state index contributed by atoms with van der Waals surface area (Å²) in [5.41, 5.74) is 2.99. The lowest BCUT2D eigenvalue weighted by Gasteiger charge is -2.17. The summed E-state index contributed by atoms with van der Waals surface area (Å²) < 4.78 is 0. The van der Waals surface area contributed by atoms with E-state index < -0.39 is 12.0 Å². The van der Waals surface area contributed by atoms with E-state index in [4.69, 9.17) is 0 Å². The van der Waals surface area contributed by atoms with E-state index in [0.29, 0.717) is 5.56 Å². The number of hydrogen-bond acceptors (Lipinski definition) is 2. The van der Waals surface area contributed by atoms with Crippen LogP contribution in [0.2, 0.25) is 0 Å². The van der Waals surface area contributed by atoms with E-state index in [0.717, 1.165) is 30.4 Å². The Morgan fingerprint density at radius 3 is 2.50 bits per heavy atom. The molecule has 22 heavy (non-hydrogen) atoms. The highest BCUT2D eigenvalue weighted by atomic mass is 16.4. The number of hydrogen-bond donors (Lipinski definition) is 2. The molecule has 1 aromatic carbocycles. The second-order valence-corrected chi connectivity index (χ2v) is 6.95. The number of carboxylic acid groups (broad SMARTS) is 1. The minimum absolute atomic E-state index is 0.0170. The standard InChI is InChI=1S/C18H23NO3/c1-11-5-6-13(9-12(11)2)15(17(21)22)19-16(20)14-10-18(14)7-3-4-8-18/h5-6,9,14-15H,3-4,7-8,10H2,1-2H3,(H,19,20)(H,21,22). The van der Waals surface area contributed by atoms with Gasteiger partial charge in [0.25, 0.3) is 0 Å². The summed E-state index contributed by atoms with van der Waals surface area (Å²) >= 11 is 0. The van der Waals surface area contributed by atoms with Crippen LogP contribution in [0.15, 0.2) is 18.2 Å². The molecule has 2 aliphatic carbocycles. The van der Waals surface area contributed by atoms with Gasteiger partial charge in [0.1, 0.15) is 0 Å². The fourth-order valence-electron chi connectivity index (χ4n) is 3.82. The summed E-state index contributed by atoms with van der Waals surface area (Å²) in [6, 6.07) is 4.60. The number of carboxylic acids is 1. The van der Waals surface area contributed by atoms with Crippen molar-refractivity contribution >= 4 is 11.9 Å². The molecule has 0 bridgehead atoms. The number of carbonyl (C=O) groups excluding carboxylic acids is 1. The van der Waals surface area contributed by atoms with Crippen molar-refractivity contribution in [3.8, 4) is 0 Å². The predicted octanol–water partition coefficient (Wildman–Crippen LogP) is 3.13.